The SMILES string of the molecule is C[Si](O[SiH](c1ccccc1)c1ccccc1)(c1ccccc1)c1ccccc1. The Labute approximate surface area is 170 Å². The van der Waals surface area contributed by atoms with Gasteiger partial charge >= 0.3 is 0 Å². The van der Waals surface area contributed by atoms with Gasteiger partial charge in [-0.15, -0.1) is 0 Å². The van der Waals surface area contributed by atoms with Gasteiger partial charge in [0.2, 0.25) is 17.4 Å². The molecule has 0 saturated carbocycles. The molecule has 0 aliphatic rings. The topological polar surface area (TPSA) is 9.23 Å². The van der Waals surface area contributed by atoms with E-state index in [0.29, 0.717) is 0 Å². The van der Waals surface area contributed by atoms with Gasteiger partial charge in [-0.3, -0.25) is 0 Å². The van der Waals surface area contributed by atoms with Crippen LogP contribution in [0.25, 0.3) is 0 Å². The van der Waals surface area contributed by atoms with Crippen molar-refractivity contribution >= 4 is 38.1 Å². The van der Waals surface area contributed by atoms with E-state index in [2.05, 4.69) is 128 Å². The third-order valence-electron chi connectivity index (χ3n) is 5.21. The van der Waals surface area contributed by atoms with Crippen LogP contribution in [0, 0.1) is 0 Å². The second-order valence-corrected chi connectivity index (χ2v) is 13.3. The first-order valence-corrected chi connectivity index (χ1v) is 13.7. The van der Waals surface area contributed by atoms with Crippen molar-refractivity contribution in [1.29, 1.82) is 0 Å². The molecule has 28 heavy (non-hydrogen) atoms. The van der Waals surface area contributed by atoms with Gasteiger partial charge in [-0.1, -0.05) is 121 Å². The minimum Gasteiger partial charge on any atom is -0.444 e. The van der Waals surface area contributed by atoms with Crippen LogP contribution in [0.15, 0.2) is 121 Å². The fourth-order valence-corrected chi connectivity index (χ4v) is 11.2. The highest BCUT2D eigenvalue weighted by atomic mass is 28.4. The molecule has 0 unspecified atom stereocenters. The maximum atomic E-state index is 7.26. The van der Waals surface area contributed by atoms with Gasteiger partial charge in [0.25, 0.3) is 0 Å². The molecule has 4 aromatic carbocycles. The Kier molecular flexibility index (Phi) is 5.67. The molecule has 0 atom stereocenters. The van der Waals surface area contributed by atoms with Crippen molar-refractivity contribution in [1.82, 2.24) is 0 Å². The van der Waals surface area contributed by atoms with E-state index in [9.17, 15) is 0 Å². The highest BCUT2D eigenvalue weighted by Gasteiger charge is 2.37. The molecule has 0 N–H and O–H groups in total. The maximum Gasteiger partial charge on any atom is 0.242 e. The van der Waals surface area contributed by atoms with Crippen molar-refractivity contribution in [3.63, 3.8) is 0 Å². The molecule has 4 rings (SSSR count). The van der Waals surface area contributed by atoms with Gasteiger partial charge < -0.3 is 4.12 Å². The summed E-state index contributed by atoms with van der Waals surface area (Å²) in [4.78, 5) is 0. The molecule has 0 saturated heterocycles. The van der Waals surface area contributed by atoms with E-state index in [1.807, 2.05) is 0 Å². The molecule has 1 nitrogen and oxygen atoms in total. The van der Waals surface area contributed by atoms with Crippen LogP contribution in [0.2, 0.25) is 6.55 Å². The first kappa shape index (κ1) is 18.6. The van der Waals surface area contributed by atoms with Crippen LogP contribution in [-0.4, -0.2) is 17.4 Å². The van der Waals surface area contributed by atoms with E-state index >= 15 is 0 Å². The number of hydrogen-bond donors (Lipinski definition) is 0. The van der Waals surface area contributed by atoms with Crippen LogP contribution in [0.1, 0.15) is 0 Å². The van der Waals surface area contributed by atoms with Crippen molar-refractivity contribution in [2.24, 2.45) is 0 Å². The zero-order valence-electron chi connectivity index (χ0n) is 16.0. The molecule has 0 bridgehead atoms. The van der Waals surface area contributed by atoms with E-state index in [-0.39, 0.29) is 0 Å². The molecule has 138 valence electrons. The summed E-state index contributed by atoms with van der Waals surface area (Å²) in [5.74, 6) is 0. The Morgan fingerprint density at radius 3 is 1.18 bits per heavy atom. The van der Waals surface area contributed by atoms with Gasteiger partial charge in [0, 0.05) is 0 Å². The predicted molar refractivity (Wildman–Crippen MR) is 124 cm³/mol. The normalized spacial score (nSPS) is 11.5. The molecule has 0 radical (unpaired) electrons. The van der Waals surface area contributed by atoms with E-state index < -0.39 is 17.4 Å². The lowest BCUT2D eigenvalue weighted by Gasteiger charge is -2.33. The molecule has 0 spiro atoms. The number of rotatable bonds is 6. The lowest BCUT2D eigenvalue weighted by molar-refractivity contribution is 0.609. The van der Waals surface area contributed by atoms with Crippen molar-refractivity contribution in [3.05, 3.63) is 121 Å². The number of hydrogen-bond acceptors (Lipinski definition) is 1. The van der Waals surface area contributed by atoms with Gasteiger partial charge in [-0.2, -0.15) is 0 Å². The Balaban J connectivity index is 1.84. The minimum absolute atomic E-state index is 1.31. The molecule has 0 aromatic heterocycles. The maximum absolute atomic E-state index is 7.26. The number of benzene rings is 4. The fourth-order valence-electron chi connectivity index (χ4n) is 3.64. The molecule has 0 aliphatic carbocycles. The Morgan fingerprint density at radius 1 is 0.500 bits per heavy atom. The van der Waals surface area contributed by atoms with Crippen molar-refractivity contribution in [2.45, 2.75) is 6.55 Å². The average molecular weight is 397 g/mol. The predicted octanol–water partition coefficient (Wildman–Crippen LogP) is 2.93. The fraction of sp³-hybridized carbons (Fsp3) is 0.0400. The van der Waals surface area contributed by atoms with Crippen LogP contribution >= 0.6 is 0 Å². The molecular weight excluding hydrogens is 372 g/mol. The van der Waals surface area contributed by atoms with Crippen LogP contribution in [0.5, 0.6) is 0 Å². The summed E-state index contributed by atoms with van der Waals surface area (Å²) in [7, 11) is -4.22. The monoisotopic (exact) mass is 396 g/mol. The Bertz CT molecular complexity index is 911. The largest absolute Gasteiger partial charge is 0.444 e. The second-order valence-electron chi connectivity index (χ2n) is 7.08. The zero-order valence-corrected chi connectivity index (χ0v) is 18.2. The van der Waals surface area contributed by atoms with E-state index in [0.717, 1.165) is 0 Å². The summed E-state index contributed by atoms with van der Waals surface area (Å²) < 4.78 is 7.26. The summed E-state index contributed by atoms with van der Waals surface area (Å²) in [5, 5.41) is 5.26. The highest BCUT2D eigenvalue weighted by Crippen LogP contribution is 2.10. The van der Waals surface area contributed by atoms with E-state index in [1.165, 1.54) is 20.7 Å². The van der Waals surface area contributed by atoms with Gasteiger partial charge in [-0.05, 0) is 27.3 Å². The molecule has 3 heteroatoms. The lowest BCUT2D eigenvalue weighted by atomic mass is 10.4. The van der Waals surface area contributed by atoms with Gasteiger partial charge in [-0.25, -0.2) is 0 Å². The molecule has 4 aromatic rings. The van der Waals surface area contributed by atoms with Crippen molar-refractivity contribution in [2.75, 3.05) is 0 Å². The lowest BCUT2D eigenvalue weighted by Crippen LogP contribution is -2.64. The minimum atomic E-state index is -2.37. The zero-order chi connectivity index (χ0) is 19.2. The Hall–Kier alpha value is -2.73. The Morgan fingerprint density at radius 2 is 0.821 bits per heavy atom. The summed E-state index contributed by atoms with van der Waals surface area (Å²) in [6.45, 7) is 2.34. The molecule has 0 fully saturated rings. The summed E-state index contributed by atoms with van der Waals surface area (Å²) >= 11 is 0. The molecule has 0 aliphatic heterocycles. The van der Waals surface area contributed by atoms with Crippen LogP contribution < -0.4 is 20.7 Å². The molecule has 0 amide bonds. The third kappa shape index (κ3) is 3.92. The van der Waals surface area contributed by atoms with Crippen LogP contribution in [-0.2, 0) is 4.12 Å². The van der Waals surface area contributed by atoms with Gasteiger partial charge in [0.05, 0.1) is 0 Å². The first-order valence-electron chi connectivity index (χ1n) is 9.66. The smallest absolute Gasteiger partial charge is 0.242 e. The van der Waals surface area contributed by atoms with Crippen LogP contribution in [0.4, 0.5) is 0 Å². The summed E-state index contributed by atoms with van der Waals surface area (Å²) in [6.07, 6.45) is 0. The highest BCUT2D eigenvalue weighted by molar-refractivity contribution is 7.02. The van der Waals surface area contributed by atoms with Crippen LogP contribution in [0.3, 0.4) is 0 Å². The second kappa shape index (κ2) is 8.52. The van der Waals surface area contributed by atoms with E-state index in [1.54, 1.807) is 0 Å². The molecule has 0 heterocycles. The summed E-state index contributed by atoms with van der Waals surface area (Å²) in [5.41, 5.74) is 0. The van der Waals surface area contributed by atoms with Crippen molar-refractivity contribution < 1.29 is 4.12 Å². The average Bonchev–Trinajstić information content (AvgIpc) is 2.80. The summed E-state index contributed by atoms with van der Waals surface area (Å²) in [6, 6.07) is 43.0. The quantitative estimate of drug-likeness (QED) is 0.455. The third-order valence-corrected chi connectivity index (χ3v) is 12.9. The standard InChI is InChI=1S/C25H24OSi2/c1-28(24-18-10-4-11-19-24,25-20-12-5-13-21-25)26-27(22-14-6-2-7-15-22)23-16-8-3-9-17-23/h2-21,27H,1H3. The van der Waals surface area contributed by atoms with Crippen molar-refractivity contribution in [3.8, 4) is 0 Å². The first-order chi connectivity index (χ1) is 13.8. The van der Waals surface area contributed by atoms with Gasteiger partial charge in [0.1, 0.15) is 0 Å². The van der Waals surface area contributed by atoms with E-state index in [4.69, 9.17) is 4.12 Å². The van der Waals surface area contributed by atoms with Gasteiger partial charge in [0.15, 0.2) is 0 Å². The molecular formula is C25H24OSi2.